The van der Waals surface area contributed by atoms with Crippen LogP contribution < -0.4 is 11.1 Å². The average Bonchev–Trinajstić information content (AvgIpc) is 3.13. The molecule has 29 heavy (non-hydrogen) atoms. The summed E-state index contributed by atoms with van der Waals surface area (Å²) in [7, 11) is 1.70. The number of hydrogen-bond acceptors (Lipinski definition) is 5. The zero-order valence-corrected chi connectivity index (χ0v) is 15.9. The predicted octanol–water partition coefficient (Wildman–Crippen LogP) is 1.27. The molecule has 0 saturated carbocycles. The highest BCUT2D eigenvalue weighted by atomic mass is 16.2. The maximum atomic E-state index is 12.9. The minimum absolute atomic E-state index is 0.247. The van der Waals surface area contributed by atoms with Gasteiger partial charge < -0.3 is 11.1 Å². The minimum atomic E-state index is -1.08. The van der Waals surface area contributed by atoms with Crippen LogP contribution in [0.1, 0.15) is 22.3 Å². The van der Waals surface area contributed by atoms with E-state index in [4.69, 9.17) is 5.73 Å². The topological polar surface area (TPSA) is 120 Å². The summed E-state index contributed by atoms with van der Waals surface area (Å²) in [6.07, 6.45) is 3.77. The van der Waals surface area contributed by atoms with Gasteiger partial charge in [0.15, 0.2) is 0 Å². The van der Waals surface area contributed by atoms with E-state index in [1.54, 1.807) is 31.4 Å². The third kappa shape index (κ3) is 4.73. The van der Waals surface area contributed by atoms with Gasteiger partial charge in [-0.3, -0.25) is 24.0 Å². The van der Waals surface area contributed by atoms with Crippen molar-refractivity contribution in [1.29, 1.82) is 0 Å². The second-order valence-corrected chi connectivity index (χ2v) is 6.52. The second kappa shape index (κ2) is 8.92. The Kier molecular flexibility index (Phi) is 6.13. The molecule has 0 aliphatic heterocycles. The molecule has 2 heterocycles. The van der Waals surface area contributed by atoms with Crippen LogP contribution in [0, 0.1) is 0 Å². The molecule has 0 aliphatic rings. The number of primary amides is 1. The molecule has 1 aromatic carbocycles. The SMILES string of the molecule is Cn1ncc(C(=O)NC(CCc2ccccc2)C(=O)C(N)=O)c1-c1ccccn1. The van der Waals surface area contributed by atoms with Gasteiger partial charge in [-0.1, -0.05) is 36.4 Å². The predicted molar refractivity (Wildman–Crippen MR) is 107 cm³/mol. The van der Waals surface area contributed by atoms with Gasteiger partial charge in [-0.05, 0) is 30.5 Å². The van der Waals surface area contributed by atoms with Crippen LogP contribution in [0.4, 0.5) is 0 Å². The standard InChI is InChI=1S/C21H21N5O3/c1-26-18(16-9-5-6-12-23-16)15(13-24-26)21(29)25-17(19(27)20(22)28)11-10-14-7-3-2-4-8-14/h2-9,12-13,17H,10-11H2,1H3,(H2,22,28)(H,25,29). The first kappa shape index (κ1) is 19.9. The molecular formula is C21H21N5O3. The Hall–Kier alpha value is -3.81. The Bertz CT molecular complexity index is 1020. The summed E-state index contributed by atoms with van der Waals surface area (Å²) in [4.78, 5) is 40.9. The maximum absolute atomic E-state index is 12.9. The number of nitrogens with zero attached hydrogens (tertiary/aromatic N) is 3. The summed E-state index contributed by atoms with van der Waals surface area (Å²) in [5.41, 5.74) is 7.50. The van der Waals surface area contributed by atoms with Crippen LogP contribution in [-0.2, 0) is 23.1 Å². The summed E-state index contributed by atoms with van der Waals surface area (Å²) in [6, 6.07) is 13.8. The lowest BCUT2D eigenvalue weighted by Crippen LogP contribution is -2.46. The van der Waals surface area contributed by atoms with Gasteiger partial charge in [0.05, 0.1) is 29.2 Å². The molecule has 3 rings (SSSR count). The number of rotatable bonds is 8. The molecule has 8 nitrogen and oxygen atoms in total. The Morgan fingerprint density at radius 2 is 1.83 bits per heavy atom. The number of nitrogens with one attached hydrogen (secondary N) is 1. The van der Waals surface area contributed by atoms with Crippen LogP contribution in [0.5, 0.6) is 0 Å². The van der Waals surface area contributed by atoms with Crippen LogP contribution in [0.15, 0.2) is 60.9 Å². The van der Waals surface area contributed by atoms with Gasteiger partial charge in [-0.15, -0.1) is 0 Å². The van der Waals surface area contributed by atoms with Crippen molar-refractivity contribution in [2.24, 2.45) is 12.8 Å². The highest BCUT2D eigenvalue weighted by Crippen LogP contribution is 2.21. The van der Waals surface area contributed by atoms with E-state index in [2.05, 4.69) is 15.4 Å². The molecule has 1 unspecified atom stereocenters. The lowest BCUT2D eigenvalue weighted by Gasteiger charge is -2.16. The van der Waals surface area contributed by atoms with Crippen molar-refractivity contribution in [3.8, 4) is 11.4 Å². The van der Waals surface area contributed by atoms with E-state index in [1.165, 1.54) is 10.9 Å². The molecule has 0 aliphatic carbocycles. The fourth-order valence-corrected chi connectivity index (χ4v) is 3.04. The highest BCUT2D eigenvalue weighted by molar-refractivity contribution is 6.38. The summed E-state index contributed by atoms with van der Waals surface area (Å²) in [6.45, 7) is 0. The molecule has 3 aromatic rings. The number of pyridine rings is 1. The van der Waals surface area contributed by atoms with E-state index in [0.717, 1.165) is 5.56 Å². The molecule has 0 saturated heterocycles. The number of hydrogen-bond donors (Lipinski definition) is 2. The van der Waals surface area contributed by atoms with Gasteiger partial charge in [0.2, 0.25) is 5.78 Å². The number of benzene rings is 1. The second-order valence-electron chi connectivity index (χ2n) is 6.52. The summed E-state index contributed by atoms with van der Waals surface area (Å²) < 4.78 is 1.53. The van der Waals surface area contributed by atoms with Gasteiger partial charge in [0.25, 0.3) is 11.8 Å². The molecule has 148 valence electrons. The lowest BCUT2D eigenvalue weighted by molar-refractivity contribution is -0.137. The lowest BCUT2D eigenvalue weighted by atomic mass is 10.0. The summed E-state index contributed by atoms with van der Waals surface area (Å²) in [5.74, 6) is -2.44. The molecule has 2 amide bonds. The Labute approximate surface area is 167 Å². The monoisotopic (exact) mass is 391 g/mol. The van der Waals surface area contributed by atoms with E-state index in [-0.39, 0.29) is 12.0 Å². The van der Waals surface area contributed by atoms with Crippen molar-refractivity contribution in [1.82, 2.24) is 20.1 Å². The molecular weight excluding hydrogens is 370 g/mol. The van der Waals surface area contributed by atoms with Gasteiger partial charge in [-0.2, -0.15) is 5.10 Å². The first-order chi connectivity index (χ1) is 14.0. The molecule has 8 heteroatoms. The van der Waals surface area contributed by atoms with Crippen molar-refractivity contribution in [2.75, 3.05) is 0 Å². The van der Waals surface area contributed by atoms with Gasteiger partial charge in [0, 0.05) is 13.2 Å². The summed E-state index contributed by atoms with van der Waals surface area (Å²) in [5, 5.41) is 6.77. The molecule has 2 aromatic heterocycles. The van der Waals surface area contributed by atoms with Gasteiger partial charge >= 0.3 is 0 Å². The van der Waals surface area contributed by atoms with Crippen LogP contribution in [0.25, 0.3) is 11.4 Å². The molecule has 0 spiro atoms. The zero-order valence-electron chi connectivity index (χ0n) is 15.9. The van der Waals surface area contributed by atoms with Crippen molar-refractivity contribution in [3.05, 3.63) is 72.1 Å². The number of aromatic nitrogens is 3. The van der Waals surface area contributed by atoms with Crippen LogP contribution in [0.2, 0.25) is 0 Å². The number of aryl methyl sites for hydroxylation is 2. The van der Waals surface area contributed by atoms with Gasteiger partial charge in [0.1, 0.15) is 0 Å². The zero-order chi connectivity index (χ0) is 20.8. The van der Waals surface area contributed by atoms with Crippen LogP contribution in [-0.4, -0.2) is 38.4 Å². The fourth-order valence-electron chi connectivity index (χ4n) is 3.04. The number of Topliss-reactive ketones (excluding diaryl/α,β-unsaturated/α-hetero) is 1. The number of carbonyl (C=O) groups excluding carboxylic acids is 3. The average molecular weight is 391 g/mol. The molecule has 0 bridgehead atoms. The maximum Gasteiger partial charge on any atom is 0.287 e. The van der Waals surface area contributed by atoms with Crippen molar-refractivity contribution < 1.29 is 14.4 Å². The van der Waals surface area contributed by atoms with Crippen molar-refractivity contribution in [2.45, 2.75) is 18.9 Å². The van der Waals surface area contributed by atoms with E-state index < -0.39 is 23.6 Å². The molecule has 1 atom stereocenters. The largest absolute Gasteiger partial charge is 0.363 e. The quantitative estimate of drug-likeness (QED) is 0.560. The van der Waals surface area contributed by atoms with E-state index >= 15 is 0 Å². The number of carbonyl (C=O) groups is 3. The third-order valence-electron chi connectivity index (χ3n) is 4.52. The fraction of sp³-hybridized carbons (Fsp3) is 0.190. The summed E-state index contributed by atoms with van der Waals surface area (Å²) >= 11 is 0. The normalized spacial score (nSPS) is 11.6. The van der Waals surface area contributed by atoms with Crippen LogP contribution >= 0.6 is 0 Å². The minimum Gasteiger partial charge on any atom is -0.363 e. The Morgan fingerprint density at radius 3 is 2.48 bits per heavy atom. The molecule has 0 fully saturated rings. The van der Waals surface area contributed by atoms with E-state index in [9.17, 15) is 14.4 Å². The highest BCUT2D eigenvalue weighted by Gasteiger charge is 2.27. The Balaban J connectivity index is 1.82. The molecule has 0 radical (unpaired) electrons. The smallest absolute Gasteiger partial charge is 0.287 e. The van der Waals surface area contributed by atoms with Gasteiger partial charge in [-0.25, -0.2) is 0 Å². The first-order valence-corrected chi connectivity index (χ1v) is 9.09. The number of nitrogens with two attached hydrogens (primary N) is 1. The van der Waals surface area contributed by atoms with E-state index in [1.807, 2.05) is 30.3 Å². The third-order valence-corrected chi connectivity index (χ3v) is 4.52. The van der Waals surface area contributed by atoms with Crippen molar-refractivity contribution in [3.63, 3.8) is 0 Å². The van der Waals surface area contributed by atoms with E-state index in [0.29, 0.717) is 17.8 Å². The number of ketones is 1. The number of amides is 2. The molecule has 3 N–H and O–H groups in total. The Morgan fingerprint density at radius 1 is 1.10 bits per heavy atom. The van der Waals surface area contributed by atoms with Crippen LogP contribution in [0.3, 0.4) is 0 Å². The van der Waals surface area contributed by atoms with Crippen molar-refractivity contribution >= 4 is 17.6 Å². The first-order valence-electron chi connectivity index (χ1n) is 9.09.